The molecule has 0 saturated carbocycles. The number of rotatable bonds is 5. The van der Waals surface area contributed by atoms with Gasteiger partial charge in [0.25, 0.3) is 5.91 Å². The average molecular weight is 266 g/mol. The first-order chi connectivity index (χ1) is 9.27. The van der Waals surface area contributed by atoms with E-state index in [-0.39, 0.29) is 11.5 Å². The minimum atomic E-state index is -0.479. The number of hydrogen-bond donors (Lipinski definition) is 1. The van der Waals surface area contributed by atoms with Gasteiger partial charge in [-0.15, -0.1) is 0 Å². The Balaban J connectivity index is 1.68. The molecule has 104 valence electrons. The smallest absolute Gasteiger partial charge is 0.254 e. The highest BCUT2D eigenvalue weighted by molar-refractivity contribution is 5.94. The molecular weight excluding hydrogens is 247 g/mol. The maximum Gasteiger partial charge on any atom is 0.254 e. The van der Waals surface area contributed by atoms with Gasteiger partial charge >= 0.3 is 0 Å². The van der Waals surface area contributed by atoms with Gasteiger partial charge in [-0.25, -0.2) is 4.39 Å². The third-order valence-corrected chi connectivity index (χ3v) is 3.16. The van der Waals surface area contributed by atoms with Crippen molar-refractivity contribution >= 4 is 5.91 Å². The lowest BCUT2D eigenvalue weighted by molar-refractivity contribution is 0.0374. The molecule has 4 nitrogen and oxygen atoms in total. The maximum atomic E-state index is 13.4. The fourth-order valence-electron chi connectivity index (χ4n) is 2.07. The van der Waals surface area contributed by atoms with Crippen molar-refractivity contribution in [2.75, 3.05) is 39.4 Å². The zero-order valence-electron chi connectivity index (χ0n) is 10.9. The van der Waals surface area contributed by atoms with Crippen LogP contribution in [0.2, 0.25) is 0 Å². The third kappa shape index (κ3) is 4.29. The summed E-state index contributed by atoms with van der Waals surface area (Å²) in [5, 5.41) is 2.74. The van der Waals surface area contributed by atoms with Gasteiger partial charge in [0, 0.05) is 19.6 Å². The van der Waals surface area contributed by atoms with E-state index in [9.17, 15) is 9.18 Å². The SMILES string of the molecule is O=C(NCCCN1CCOCC1)c1ccccc1F. The number of morpholine rings is 1. The fraction of sp³-hybridized carbons (Fsp3) is 0.500. The zero-order chi connectivity index (χ0) is 13.5. The number of carbonyl (C=O) groups is 1. The Labute approximate surface area is 112 Å². The number of benzene rings is 1. The van der Waals surface area contributed by atoms with Crippen LogP contribution in [-0.2, 0) is 4.74 Å². The standard InChI is InChI=1S/C14H19FN2O2/c15-13-5-2-1-4-12(13)14(18)16-6-3-7-17-8-10-19-11-9-17/h1-2,4-5H,3,6-11H2,(H,16,18). The van der Waals surface area contributed by atoms with Crippen molar-refractivity contribution in [3.63, 3.8) is 0 Å². The topological polar surface area (TPSA) is 41.6 Å². The zero-order valence-corrected chi connectivity index (χ0v) is 10.9. The number of amides is 1. The molecular formula is C14H19FN2O2. The number of carbonyl (C=O) groups excluding carboxylic acids is 1. The highest BCUT2D eigenvalue weighted by Crippen LogP contribution is 2.05. The summed E-state index contributed by atoms with van der Waals surface area (Å²) in [7, 11) is 0. The quantitative estimate of drug-likeness (QED) is 0.816. The Morgan fingerprint density at radius 3 is 2.79 bits per heavy atom. The van der Waals surface area contributed by atoms with Crippen LogP contribution in [0.15, 0.2) is 24.3 Å². The van der Waals surface area contributed by atoms with E-state index in [0.29, 0.717) is 6.54 Å². The maximum absolute atomic E-state index is 13.4. The molecule has 1 aliphatic rings. The van der Waals surface area contributed by atoms with E-state index in [2.05, 4.69) is 10.2 Å². The molecule has 1 saturated heterocycles. The average Bonchev–Trinajstić information content (AvgIpc) is 2.45. The van der Waals surface area contributed by atoms with Crippen molar-refractivity contribution in [1.29, 1.82) is 0 Å². The van der Waals surface area contributed by atoms with E-state index < -0.39 is 5.82 Å². The summed E-state index contributed by atoms with van der Waals surface area (Å²) < 4.78 is 18.6. The van der Waals surface area contributed by atoms with Crippen molar-refractivity contribution in [3.8, 4) is 0 Å². The van der Waals surface area contributed by atoms with Crippen molar-refractivity contribution in [3.05, 3.63) is 35.6 Å². The van der Waals surface area contributed by atoms with Crippen LogP contribution in [0.3, 0.4) is 0 Å². The minimum absolute atomic E-state index is 0.105. The monoisotopic (exact) mass is 266 g/mol. The highest BCUT2D eigenvalue weighted by atomic mass is 19.1. The van der Waals surface area contributed by atoms with E-state index in [0.717, 1.165) is 39.3 Å². The van der Waals surface area contributed by atoms with Crippen LogP contribution >= 0.6 is 0 Å². The first kappa shape index (κ1) is 14.0. The lowest BCUT2D eigenvalue weighted by Gasteiger charge is -2.26. The van der Waals surface area contributed by atoms with Gasteiger partial charge in [0.2, 0.25) is 0 Å². The van der Waals surface area contributed by atoms with E-state index in [1.165, 1.54) is 12.1 Å². The summed E-state index contributed by atoms with van der Waals surface area (Å²) in [5.74, 6) is -0.826. The molecule has 0 unspecified atom stereocenters. The Hall–Kier alpha value is -1.46. The molecule has 19 heavy (non-hydrogen) atoms. The molecule has 0 radical (unpaired) electrons. The lowest BCUT2D eigenvalue weighted by atomic mass is 10.2. The van der Waals surface area contributed by atoms with E-state index in [1.807, 2.05) is 0 Å². The van der Waals surface area contributed by atoms with E-state index >= 15 is 0 Å². The van der Waals surface area contributed by atoms with Gasteiger partial charge < -0.3 is 10.1 Å². The summed E-state index contributed by atoms with van der Waals surface area (Å²) in [5.41, 5.74) is 0.105. The molecule has 1 aromatic rings. The molecule has 2 rings (SSSR count). The lowest BCUT2D eigenvalue weighted by Crippen LogP contribution is -2.38. The van der Waals surface area contributed by atoms with Crippen LogP contribution in [0.5, 0.6) is 0 Å². The molecule has 1 fully saturated rings. The molecule has 0 atom stereocenters. The van der Waals surface area contributed by atoms with Crippen molar-refractivity contribution in [2.24, 2.45) is 0 Å². The molecule has 0 aromatic heterocycles. The Morgan fingerprint density at radius 1 is 1.32 bits per heavy atom. The van der Waals surface area contributed by atoms with E-state index in [1.54, 1.807) is 12.1 Å². The summed E-state index contributed by atoms with van der Waals surface area (Å²) in [4.78, 5) is 14.0. The molecule has 1 N–H and O–H groups in total. The molecule has 1 heterocycles. The van der Waals surface area contributed by atoms with Gasteiger partial charge in [0.1, 0.15) is 5.82 Å². The second-order valence-corrected chi connectivity index (χ2v) is 4.54. The molecule has 1 aliphatic heterocycles. The van der Waals surface area contributed by atoms with Gasteiger partial charge in [-0.1, -0.05) is 12.1 Å². The van der Waals surface area contributed by atoms with Crippen molar-refractivity contribution in [1.82, 2.24) is 10.2 Å². The van der Waals surface area contributed by atoms with Gasteiger partial charge in [0.15, 0.2) is 0 Å². The fourth-order valence-corrected chi connectivity index (χ4v) is 2.07. The van der Waals surface area contributed by atoms with Crippen LogP contribution in [0, 0.1) is 5.82 Å². The van der Waals surface area contributed by atoms with Gasteiger partial charge in [-0.05, 0) is 25.1 Å². The summed E-state index contributed by atoms with van der Waals surface area (Å²) in [6.07, 6.45) is 0.861. The summed E-state index contributed by atoms with van der Waals surface area (Å²) >= 11 is 0. The second kappa shape index (κ2) is 7.21. The normalized spacial score (nSPS) is 16.3. The van der Waals surface area contributed by atoms with Crippen molar-refractivity contribution in [2.45, 2.75) is 6.42 Å². The van der Waals surface area contributed by atoms with Crippen LogP contribution < -0.4 is 5.32 Å². The van der Waals surface area contributed by atoms with Crippen LogP contribution in [-0.4, -0.2) is 50.2 Å². The number of halogens is 1. The predicted molar refractivity (Wildman–Crippen MR) is 70.6 cm³/mol. The molecule has 1 aromatic carbocycles. The molecule has 5 heteroatoms. The first-order valence-electron chi connectivity index (χ1n) is 6.60. The number of hydrogen-bond acceptors (Lipinski definition) is 3. The number of nitrogens with one attached hydrogen (secondary N) is 1. The first-order valence-corrected chi connectivity index (χ1v) is 6.60. The highest BCUT2D eigenvalue weighted by Gasteiger charge is 2.11. The molecule has 0 spiro atoms. The summed E-state index contributed by atoms with van der Waals surface area (Å²) in [6.45, 7) is 4.94. The molecule has 1 amide bonds. The third-order valence-electron chi connectivity index (χ3n) is 3.16. The van der Waals surface area contributed by atoms with Crippen LogP contribution in [0.1, 0.15) is 16.8 Å². The van der Waals surface area contributed by atoms with Gasteiger partial charge in [0.05, 0.1) is 18.8 Å². The largest absolute Gasteiger partial charge is 0.379 e. The van der Waals surface area contributed by atoms with Gasteiger partial charge in [-0.2, -0.15) is 0 Å². The molecule has 0 aliphatic carbocycles. The van der Waals surface area contributed by atoms with Crippen LogP contribution in [0.25, 0.3) is 0 Å². The van der Waals surface area contributed by atoms with Crippen LogP contribution in [0.4, 0.5) is 4.39 Å². The summed E-state index contributed by atoms with van der Waals surface area (Å²) in [6, 6.07) is 6.02. The Morgan fingerprint density at radius 2 is 2.05 bits per heavy atom. The van der Waals surface area contributed by atoms with Crippen molar-refractivity contribution < 1.29 is 13.9 Å². The predicted octanol–water partition coefficient (Wildman–Crippen LogP) is 1.28. The molecule has 0 bridgehead atoms. The minimum Gasteiger partial charge on any atom is -0.379 e. The number of ether oxygens (including phenoxy) is 1. The van der Waals surface area contributed by atoms with E-state index in [4.69, 9.17) is 4.74 Å². The van der Waals surface area contributed by atoms with Gasteiger partial charge in [-0.3, -0.25) is 9.69 Å². The second-order valence-electron chi connectivity index (χ2n) is 4.54. The number of nitrogens with zero attached hydrogens (tertiary/aromatic N) is 1. The Bertz CT molecular complexity index is 420. The Kier molecular flexibility index (Phi) is 5.30.